The van der Waals surface area contributed by atoms with Crippen LogP contribution in [0.2, 0.25) is 0 Å². The maximum Gasteiger partial charge on any atom is 0.279 e. The molecule has 1 heterocycles. The van der Waals surface area contributed by atoms with E-state index in [1.165, 1.54) is 4.31 Å². The van der Waals surface area contributed by atoms with Crippen LogP contribution in [-0.4, -0.2) is 56.3 Å². The third kappa shape index (κ3) is 3.62. The summed E-state index contributed by atoms with van der Waals surface area (Å²) in [6.45, 7) is 1.77. The molecule has 2 aliphatic rings. The number of hydrogen-bond acceptors (Lipinski definition) is 4. The fourth-order valence-electron chi connectivity index (χ4n) is 2.27. The van der Waals surface area contributed by atoms with E-state index in [9.17, 15) is 13.5 Å². The molecule has 2 N–H and O–H groups in total. The van der Waals surface area contributed by atoms with Crippen molar-refractivity contribution in [2.45, 2.75) is 37.8 Å². The second kappa shape index (κ2) is 5.62. The molecule has 1 saturated heterocycles. The molecular weight excluding hydrogens is 244 g/mol. The summed E-state index contributed by atoms with van der Waals surface area (Å²) in [5, 5.41) is 9.37. The number of nitrogens with zero attached hydrogens (tertiary/aromatic N) is 1. The number of hydrogen-bond donors (Lipinski definition) is 2. The molecule has 7 heteroatoms. The Hall–Kier alpha value is -0.210. The number of ether oxygens (including phenoxy) is 1. The molecule has 0 aromatic carbocycles. The molecular formula is C10H20N2O4S. The van der Waals surface area contributed by atoms with E-state index in [0.717, 1.165) is 0 Å². The Kier molecular flexibility index (Phi) is 4.37. The first-order valence-electron chi connectivity index (χ1n) is 6.11. The minimum atomic E-state index is -3.38. The van der Waals surface area contributed by atoms with Crippen molar-refractivity contribution < 1.29 is 18.3 Å². The smallest absolute Gasteiger partial charge is 0.279 e. The van der Waals surface area contributed by atoms with Gasteiger partial charge in [-0.15, -0.1) is 0 Å². The molecule has 0 radical (unpaired) electrons. The number of aliphatic hydroxyl groups is 1. The van der Waals surface area contributed by atoms with Crippen molar-refractivity contribution >= 4 is 10.2 Å². The summed E-state index contributed by atoms with van der Waals surface area (Å²) in [6, 6.07) is -0.0359. The highest BCUT2D eigenvalue weighted by molar-refractivity contribution is 7.87. The van der Waals surface area contributed by atoms with Gasteiger partial charge in [-0.1, -0.05) is 0 Å². The van der Waals surface area contributed by atoms with Crippen LogP contribution in [-0.2, 0) is 14.9 Å². The molecule has 100 valence electrons. The van der Waals surface area contributed by atoms with Crippen molar-refractivity contribution in [3.63, 3.8) is 0 Å². The summed E-state index contributed by atoms with van der Waals surface area (Å²) in [7, 11) is -3.38. The van der Waals surface area contributed by atoms with Gasteiger partial charge < -0.3 is 9.84 Å². The monoisotopic (exact) mass is 264 g/mol. The van der Waals surface area contributed by atoms with Crippen molar-refractivity contribution in [2.24, 2.45) is 0 Å². The zero-order chi connectivity index (χ0) is 12.3. The molecule has 17 heavy (non-hydrogen) atoms. The van der Waals surface area contributed by atoms with Crippen molar-refractivity contribution in [2.75, 3.05) is 26.3 Å². The molecule has 0 amide bonds. The number of morpholine rings is 1. The lowest BCUT2D eigenvalue weighted by Crippen LogP contribution is -2.50. The van der Waals surface area contributed by atoms with Gasteiger partial charge in [-0.05, 0) is 25.7 Å². The van der Waals surface area contributed by atoms with Gasteiger partial charge in [0.2, 0.25) is 0 Å². The third-order valence-corrected chi connectivity index (χ3v) is 5.00. The van der Waals surface area contributed by atoms with Crippen LogP contribution in [0, 0.1) is 0 Å². The second-order valence-corrected chi connectivity index (χ2v) is 6.34. The minimum absolute atomic E-state index is 0.0359. The molecule has 0 aromatic heterocycles. The molecule has 0 bridgehead atoms. The van der Waals surface area contributed by atoms with E-state index in [2.05, 4.69) is 4.72 Å². The van der Waals surface area contributed by atoms with Gasteiger partial charge in [-0.3, -0.25) is 0 Å². The zero-order valence-corrected chi connectivity index (χ0v) is 10.7. The molecule has 1 aliphatic heterocycles. The quantitative estimate of drug-likeness (QED) is 0.717. The first kappa shape index (κ1) is 13.2. The fraction of sp³-hybridized carbons (Fsp3) is 1.00. The fourth-order valence-corrected chi connectivity index (χ4v) is 3.70. The summed E-state index contributed by atoms with van der Waals surface area (Å²) in [5.41, 5.74) is 0. The van der Waals surface area contributed by atoms with Crippen LogP contribution in [0.5, 0.6) is 0 Å². The molecule has 1 aliphatic carbocycles. The van der Waals surface area contributed by atoms with Crippen molar-refractivity contribution in [1.82, 2.24) is 9.03 Å². The molecule has 2 rings (SSSR count). The van der Waals surface area contributed by atoms with Gasteiger partial charge in [0, 0.05) is 19.1 Å². The van der Waals surface area contributed by atoms with Crippen LogP contribution in [0.3, 0.4) is 0 Å². The maximum absolute atomic E-state index is 12.0. The molecule has 1 saturated carbocycles. The highest BCUT2D eigenvalue weighted by atomic mass is 32.2. The Morgan fingerprint density at radius 1 is 1.12 bits per heavy atom. The van der Waals surface area contributed by atoms with Gasteiger partial charge in [-0.25, -0.2) is 0 Å². The van der Waals surface area contributed by atoms with Gasteiger partial charge in [0.1, 0.15) is 0 Å². The van der Waals surface area contributed by atoms with E-state index in [0.29, 0.717) is 52.0 Å². The van der Waals surface area contributed by atoms with Gasteiger partial charge >= 0.3 is 0 Å². The summed E-state index contributed by atoms with van der Waals surface area (Å²) in [5.74, 6) is 0. The number of aliphatic hydroxyl groups excluding tert-OH is 1. The summed E-state index contributed by atoms with van der Waals surface area (Å²) in [4.78, 5) is 0. The Balaban J connectivity index is 1.88. The lowest BCUT2D eigenvalue weighted by molar-refractivity contribution is 0.0718. The van der Waals surface area contributed by atoms with Crippen molar-refractivity contribution in [3.05, 3.63) is 0 Å². The van der Waals surface area contributed by atoms with Gasteiger partial charge in [-0.2, -0.15) is 17.4 Å². The van der Waals surface area contributed by atoms with Gasteiger partial charge in [0.25, 0.3) is 10.2 Å². The average Bonchev–Trinajstić information content (AvgIpc) is 2.33. The van der Waals surface area contributed by atoms with E-state index >= 15 is 0 Å². The van der Waals surface area contributed by atoms with Crippen LogP contribution in [0.4, 0.5) is 0 Å². The topological polar surface area (TPSA) is 78.9 Å². The average molecular weight is 264 g/mol. The lowest BCUT2D eigenvalue weighted by Gasteiger charge is -2.31. The van der Waals surface area contributed by atoms with Gasteiger partial charge in [0.05, 0.1) is 19.3 Å². The Morgan fingerprint density at radius 2 is 1.71 bits per heavy atom. The Bertz CT molecular complexity index is 332. The first-order chi connectivity index (χ1) is 8.08. The maximum atomic E-state index is 12.0. The molecule has 0 spiro atoms. The van der Waals surface area contributed by atoms with Crippen LogP contribution < -0.4 is 4.72 Å². The summed E-state index contributed by atoms with van der Waals surface area (Å²) >= 11 is 0. The highest BCUT2D eigenvalue weighted by Gasteiger charge is 2.28. The number of nitrogens with one attached hydrogen (secondary N) is 1. The first-order valence-corrected chi connectivity index (χ1v) is 7.55. The highest BCUT2D eigenvalue weighted by Crippen LogP contribution is 2.19. The molecule has 0 atom stereocenters. The van der Waals surface area contributed by atoms with Crippen LogP contribution >= 0.6 is 0 Å². The number of rotatable bonds is 3. The van der Waals surface area contributed by atoms with E-state index < -0.39 is 10.2 Å². The van der Waals surface area contributed by atoms with Gasteiger partial charge in [0.15, 0.2) is 0 Å². The minimum Gasteiger partial charge on any atom is -0.393 e. The van der Waals surface area contributed by atoms with E-state index in [-0.39, 0.29) is 12.1 Å². The Labute approximate surface area is 102 Å². The van der Waals surface area contributed by atoms with Crippen molar-refractivity contribution in [1.29, 1.82) is 0 Å². The summed E-state index contributed by atoms with van der Waals surface area (Å²) < 4.78 is 33.3. The van der Waals surface area contributed by atoms with E-state index in [4.69, 9.17) is 4.74 Å². The predicted octanol–water partition coefficient (Wildman–Crippen LogP) is -0.543. The predicted molar refractivity (Wildman–Crippen MR) is 62.7 cm³/mol. The largest absolute Gasteiger partial charge is 0.393 e. The van der Waals surface area contributed by atoms with Crippen LogP contribution in [0.25, 0.3) is 0 Å². The Morgan fingerprint density at radius 3 is 2.29 bits per heavy atom. The van der Waals surface area contributed by atoms with Crippen LogP contribution in [0.1, 0.15) is 25.7 Å². The summed E-state index contributed by atoms with van der Waals surface area (Å²) in [6.07, 6.45) is 2.52. The van der Waals surface area contributed by atoms with E-state index in [1.54, 1.807) is 0 Å². The van der Waals surface area contributed by atoms with Crippen molar-refractivity contribution in [3.8, 4) is 0 Å². The normalized spacial score (nSPS) is 32.5. The SMILES string of the molecule is O=S(=O)(NC1CCC(O)CC1)N1CCOCC1. The zero-order valence-electron chi connectivity index (χ0n) is 9.84. The van der Waals surface area contributed by atoms with Crippen LogP contribution in [0.15, 0.2) is 0 Å². The second-order valence-electron chi connectivity index (χ2n) is 4.64. The molecule has 2 fully saturated rings. The van der Waals surface area contributed by atoms with E-state index in [1.807, 2.05) is 0 Å². The molecule has 0 aromatic rings. The molecule has 0 unspecified atom stereocenters. The molecule has 6 nitrogen and oxygen atoms in total. The lowest BCUT2D eigenvalue weighted by atomic mass is 9.94. The third-order valence-electron chi connectivity index (χ3n) is 3.32. The standard InChI is InChI=1S/C10H20N2O4S/c13-10-3-1-9(2-4-10)11-17(14,15)12-5-7-16-8-6-12/h9-11,13H,1-8H2.